The second-order valence-corrected chi connectivity index (χ2v) is 6.27. The molecular weight excluding hydrogens is 305 g/mol. The van der Waals surface area contributed by atoms with Crippen molar-refractivity contribution in [2.24, 2.45) is 5.92 Å². The van der Waals surface area contributed by atoms with Crippen LogP contribution in [-0.2, 0) is 9.53 Å². The number of allylic oxidation sites excluding steroid dienone is 2. The lowest BCUT2D eigenvalue weighted by Crippen LogP contribution is -2.24. The first-order chi connectivity index (χ1) is 10.8. The molecule has 0 radical (unpaired) electrons. The Balaban J connectivity index is 3.97. The van der Waals surface area contributed by atoms with Gasteiger partial charge >= 0.3 is 12.1 Å². The van der Waals surface area contributed by atoms with Gasteiger partial charge in [-0.2, -0.15) is 13.2 Å². The van der Waals surface area contributed by atoms with Gasteiger partial charge in [0, 0.05) is 6.42 Å². The lowest BCUT2D eigenvalue weighted by atomic mass is 9.98. The standard InChI is InChI=1S/C18H31F3O2/c1-4-5-6-7-8-12-17(22)23-14-13-16(18(19,20)21)11-9-10-15(2)3/h10,16H,4-9,11-14H2,1-3H3/t16-/m1/s1. The maximum absolute atomic E-state index is 12.9. The number of ether oxygens (including phenoxy) is 1. The molecule has 0 unspecified atom stereocenters. The van der Waals surface area contributed by atoms with Gasteiger partial charge in [0.15, 0.2) is 0 Å². The van der Waals surface area contributed by atoms with E-state index in [1.807, 2.05) is 13.8 Å². The van der Waals surface area contributed by atoms with Gasteiger partial charge in [-0.25, -0.2) is 0 Å². The number of carbonyl (C=O) groups excluding carboxylic acids is 1. The van der Waals surface area contributed by atoms with Gasteiger partial charge in [0.05, 0.1) is 12.5 Å². The molecule has 0 aromatic heterocycles. The largest absolute Gasteiger partial charge is 0.466 e. The third kappa shape index (κ3) is 13.2. The SMILES string of the molecule is CCCCCCCC(=O)OCC[C@@H](CCC=C(C)C)C(F)(F)F. The van der Waals surface area contributed by atoms with Crippen molar-refractivity contribution in [3.8, 4) is 0 Å². The minimum Gasteiger partial charge on any atom is -0.466 e. The molecule has 0 saturated heterocycles. The van der Waals surface area contributed by atoms with Crippen LogP contribution in [0.1, 0.15) is 78.6 Å². The summed E-state index contributed by atoms with van der Waals surface area (Å²) in [5, 5.41) is 0. The number of alkyl halides is 3. The minimum atomic E-state index is -4.23. The summed E-state index contributed by atoms with van der Waals surface area (Å²) in [5.74, 6) is -1.79. The third-order valence-corrected chi connectivity index (χ3v) is 3.74. The van der Waals surface area contributed by atoms with Crippen LogP contribution >= 0.6 is 0 Å². The van der Waals surface area contributed by atoms with Gasteiger partial charge in [0.25, 0.3) is 0 Å². The van der Waals surface area contributed by atoms with Gasteiger partial charge in [0.2, 0.25) is 0 Å². The molecule has 0 bridgehead atoms. The van der Waals surface area contributed by atoms with E-state index in [0.717, 1.165) is 37.7 Å². The van der Waals surface area contributed by atoms with Gasteiger partial charge < -0.3 is 4.74 Å². The van der Waals surface area contributed by atoms with Gasteiger partial charge in [-0.15, -0.1) is 0 Å². The van der Waals surface area contributed by atoms with Crippen LogP contribution in [0.25, 0.3) is 0 Å². The van der Waals surface area contributed by atoms with E-state index in [4.69, 9.17) is 4.74 Å². The van der Waals surface area contributed by atoms with Crippen LogP contribution in [0.3, 0.4) is 0 Å². The molecule has 0 amide bonds. The first kappa shape index (κ1) is 22.0. The normalized spacial score (nSPS) is 12.8. The molecule has 0 aromatic rings. The highest BCUT2D eigenvalue weighted by molar-refractivity contribution is 5.69. The number of hydrogen-bond donors (Lipinski definition) is 0. The molecule has 0 saturated carbocycles. The minimum absolute atomic E-state index is 0.0449. The fourth-order valence-electron chi connectivity index (χ4n) is 2.30. The van der Waals surface area contributed by atoms with Crippen molar-refractivity contribution in [2.45, 2.75) is 84.7 Å². The average molecular weight is 336 g/mol. The van der Waals surface area contributed by atoms with E-state index in [9.17, 15) is 18.0 Å². The van der Waals surface area contributed by atoms with Crippen molar-refractivity contribution in [1.82, 2.24) is 0 Å². The summed E-state index contributed by atoms with van der Waals surface area (Å²) in [7, 11) is 0. The molecule has 0 fully saturated rings. The predicted octanol–water partition coefficient (Wildman–Crippen LogP) is 6.21. The third-order valence-electron chi connectivity index (χ3n) is 3.74. The molecule has 1 atom stereocenters. The van der Waals surface area contributed by atoms with E-state index >= 15 is 0 Å². The zero-order valence-electron chi connectivity index (χ0n) is 14.7. The topological polar surface area (TPSA) is 26.3 Å². The molecule has 0 N–H and O–H groups in total. The number of unbranched alkanes of at least 4 members (excludes halogenated alkanes) is 4. The molecule has 136 valence electrons. The molecule has 0 aromatic carbocycles. The van der Waals surface area contributed by atoms with Crippen LogP contribution in [0.4, 0.5) is 13.2 Å². The van der Waals surface area contributed by atoms with E-state index < -0.39 is 12.1 Å². The van der Waals surface area contributed by atoms with Gasteiger partial charge in [-0.05, 0) is 39.5 Å². The summed E-state index contributed by atoms with van der Waals surface area (Å²) in [4.78, 5) is 11.5. The molecule has 0 aliphatic rings. The number of esters is 1. The van der Waals surface area contributed by atoms with Crippen LogP contribution in [0.2, 0.25) is 0 Å². The quantitative estimate of drug-likeness (QED) is 0.241. The Bertz CT molecular complexity index is 345. The van der Waals surface area contributed by atoms with E-state index in [-0.39, 0.29) is 25.4 Å². The highest BCUT2D eigenvalue weighted by Crippen LogP contribution is 2.32. The Morgan fingerprint density at radius 2 is 1.74 bits per heavy atom. The lowest BCUT2D eigenvalue weighted by molar-refractivity contribution is -0.182. The molecule has 0 aliphatic carbocycles. The van der Waals surface area contributed by atoms with Crippen molar-refractivity contribution >= 4 is 5.97 Å². The van der Waals surface area contributed by atoms with Gasteiger partial charge in [0.1, 0.15) is 0 Å². The van der Waals surface area contributed by atoms with Crippen LogP contribution in [0.5, 0.6) is 0 Å². The monoisotopic (exact) mass is 336 g/mol. The Kier molecular flexibility index (Phi) is 11.9. The molecule has 0 rings (SSSR count). The zero-order chi connectivity index (χ0) is 17.7. The Hall–Kier alpha value is -1.00. The smallest absolute Gasteiger partial charge is 0.391 e. The summed E-state index contributed by atoms with van der Waals surface area (Å²) >= 11 is 0. The van der Waals surface area contributed by atoms with Crippen molar-refractivity contribution in [2.75, 3.05) is 6.61 Å². The highest BCUT2D eigenvalue weighted by atomic mass is 19.4. The molecule has 0 heterocycles. The van der Waals surface area contributed by atoms with Gasteiger partial charge in [-0.3, -0.25) is 4.79 Å². The first-order valence-electron chi connectivity index (χ1n) is 8.63. The molecule has 23 heavy (non-hydrogen) atoms. The average Bonchev–Trinajstić information content (AvgIpc) is 2.44. The second-order valence-electron chi connectivity index (χ2n) is 6.27. The van der Waals surface area contributed by atoms with Crippen molar-refractivity contribution in [1.29, 1.82) is 0 Å². The maximum atomic E-state index is 12.9. The zero-order valence-corrected chi connectivity index (χ0v) is 14.7. The van der Waals surface area contributed by atoms with Crippen LogP contribution in [0, 0.1) is 5.92 Å². The number of rotatable bonds is 12. The summed E-state index contributed by atoms with van der Waals surface area (Å²) in [6.45, 7) is 5.70. The summed E-state index contributed by atoms with van der Waals surface area (Å²) in [6, 6.07) is 0. The van der Waals surface area contributed by atoms with Crippen LogP contribution < -0.4 is 0 Å². The van der Waals surface area contributed by atoms with E-state index in [1.54, 1.807) is 6.08 Å². The van der Waals surface area contributed by atoms with Crippen LogP contribution in [-0.4, -0.2) is 18.8 Å². The molecule has 2 nitrogen and oxygen atoms in total. The predicted molar refractivity (Wildman–Crippen MR) is 87.2 cm³/mol. The second kappa shape index (κ2) is 12.4. The van der Waals surface area contributed by atoms with Crippen molar-refractivity contribution < 1.29 is 22.7 Å². The van der Waals surface area contributed by atoms with Crippen LogP contribution in [0.15, 0.2) is 11.6 Å². The summed E-state index contributed by atoms with van der Waals surface area (Å²) in [6.07, 6.45) is 3.26. The maximum Gasteiger partial charge on any atom is 0.391 e. The fraction of sp³-hybridized carbons (Fsp3) is 0.833. The molecular formula is C18H31F3O2. The van der Waals surface area contributed by atoms with Gasteiger partial charge in [-0.1, -0.05) is 44.3 Å². The van der Waals surface area contributed by atoms with E-state index in [1.165, 1.54) is 0 Å². The molecule has 0 aliphatic heterocycles. The number of carbonyl (C=O) groups is 1. The Morgan fingerprint density at radius 1 is 1.09 bits per heavy atom. The lowest BCUT2D eigenvalue weighted by Gasteiger charge is -2.19. The number of hydrogen-bond acceptors (Lipinski definition) is 2. The fourth-order valence-corrected chi connectivity index (χ4v) is 2.30. The first-order valence-corrected chi connectivity index (χ1v) is 8.63. The van der Waals surface area contributed by atoms with E-state index in [2.05, 4.69) is 6.92 Å². The summed E-state index contributed by atoms with van der Waals surface area (Å²) in [5.41, 5.74) is 1.01. The number of halogens is 3. The highest BCUT2D eigenvalue weighted by Gasteiger charge is 2.38. The Labute approximate surface area is 138 Å². The van der Waals surface area contributed by atoms with Crippen molar-refractivity contribution in [3.63, 3.8) is 0 Å². The van der Waals surface area contributed by atoms with E-state index in [0.29, 0.717) is 12.8 Å². The molecule has 5 heteroatoms. The summed E-state index contributed by atoms with van der Waals surface area (Å²) < 4.78 is 43.7. The van der Waals surface area contributed by atoms with Crippen molar-refractivity contribution in [3.05, 3.63) is 11.6 Å². The molecule has 0 spiro atoms. The Morgan fingerprint density at radius 3 is 2.30 bits per heavy atom.